The maximum atomic E-state index is 11.2. The van der Waals surface area contributed by atoms with E-state index in [1.807, 2.05) is 19.4 Å². The monoisotopic (exact) mass is 211 g/mol. The lowest BCUT2D eigenvalue weighted by Crippen LogP contribution is -1.97. The third-order valence-corrected chi connectivity index (χ3v) is 3.23. The van der Waals surface area contributed by atoms with Gasteiger partial charge in [0.15, 0.2) is 0 Å². The SMILES string of the molecule is CCCC(=O)CCCc1scnc1C. The molecule has 0 bridgehead atoms. The Morgan fingerprint density at radius 2 is 2.29 bits per heavy atom. The number of Topliss-reactive ketones (excluding diaryl/α,β-unsaturated/α-hetero) is 1. The fourth-order valence-electron chi connectivity index (χ4n) is 1.42. The van der Waals surface area contributed by atoms with Crippen molar-refractivity contribution in [2.45, 2.75) is 46.0 Å². The minimum Gasteiger partial charge on any atom is -0.300 e. The van der Waals surface area contributed by atoms with Crippen molar-refractivity contribution < 1.29 is 4.79 Å². The van der Waals surface area contributed by atoms with Crippen molar-refractivity contribution in [3.63, 3.8) is 0 Å². The van der Waals surface area contributed by atoms with E-state index >= 15 is 0 Å². The van der Waals surface area contributed by atoms with Gasteiger partial charge in [-0.1, -0.05) is 6.92 Å². The summed E-state index contributed by atoms with van der Waals surface area (Å²) in [5, 5.41) is 0. The molecule has 0 aliphatic heterocycles. The first-order valence-electron chi connectivity index (χ1n) is 5.14. The van der Waals surface area contributed by atoms with E-state index in [9.17, 15) is 4.79 Å². The average Bonchev–Trinajstić information content (AvgIpc) is 2.52. The summed E-state index contributed by atoms with van der Waals surface area (Å²) in [7, 11) is 0. The van der Waals surface area contributed by atoms with Gasteiger partial charge >= 0.3 is 0 Å². The molecule has 2 nitrogen and oxygen atoms in total. The van der Waals surface area contributed by atoms with Crippen molar-refractivity contribution in [1.82, 2.24) is 4.98 Å². The van der Waals surface area contributed by atoms with E-state index in [-0.39, 0.29) is 0 Å². The second-order valence-corrected chi connectivity index (χ2v) is 4.44. The van der Waals surface area contributed by atoms with Gasteiger partial charge < -0.3 is 0 Å². The number of aryl methyl sites for hydroxylation is 2. The molecule has 0 saturated heterocycles. The van der Waals surface area contributed by atoms with Crippen molar-refractivity contribution in [2.75, 3.05) is 0 Å². The van der Waals surface area contributed by atoms with E-state index in [1.165, 1.54) is 4.88 Å². The number of nitrogens with zero attached hydrogens (tertiary/aromatic N) is 1. The van der Waals surface area contributed by atoms with Crippen LogP contribution in [0.4, 0.5) is 0 Å². The zero-order valence-electron chi connectivity index (χ0n) is 8.88. The molecule has 0 spiro atoms. The van der Waals surface area contributed by atoms with Crippen LogP contribution in [0.2, 0.25) is 0 Å². The Morgan fingerprint density at radius 3 is 2.86 bits per heavy atom. The van der Waals surface area contributed by atoms with Gasteiger partial charge in [-0.2, -0.15) is 0 Å². The molecule has 1 heterocycles. The topological polar surface area (TPSA) is 30.0 Å². The summed E-state index contributed by atoms with van der Waals surface area (Å²) in [4.78, 5) is 16.8. The Morgan fingerprint density at radius 1 is 1.50 bits per heavy atom. The van der Waals surface area contributed by atoms with Gasteiger partial charge in [0.25, 0.3) is 0 Å². The largest absolute Gasteiger partial charge is 0.300 e. The highest BCUT2D eigenvalue weighted by Gasteiger charge is 2.03. The lowest BCUT2D eigenvalue weighted by Gasteiger charge is -1.98. The fraction of sp³-hybridized carbons (Fsp3) is 0.636. The molecule has 0 saturated carbocycles. The average molecular weight is 211 g/mol. The Bertz CT molecular complexity index is 293. The van der Waals surface area contributed by atoms with Crippen LogP contribution >= 0.6 is 11.3 Å². The van der Waals surface area contributed by atoms with E-state index in [2.05, 4.69) is 4.98 Å². The molecule has 0 radical (unpaired) electrons. The second kappa shape index (κ2) is 5.91. The molecule has 1 aromatic rings. The summed E-state index contributed by atoms with van der Waals surface area (Å²) in [6.45, 7) is 4.07. The highest BCUT2D eigenvalue weighted by molar-refractivity contribution is 7.09. The molecule has 78 valence electrons. The van der Waals surface area contributed by atoms with Crippen molar-refractivity contribution in [3.8, 4) is 0 Å². The maximum absolute atomic E-state index is 11.2. The molecule has 0 unspecified atom stereocenters. The van der Waals surface area contributed by atoms with Crippen molar-refractivity contribution in [2.24, 2.45) is 0 Å². The normalized spacial score (nSPS) is 10.4. The number of thiazole rings is 1. The minimum atomic E-state index is 0.398. The summed E-state index contributed by atoms with van der Waals surface area (Å²) in [5.41, 5.74) is 3.00. The molecule has 0 amide bonds. The van der Waals surface area contributed by atoms with Gasteiger partial charge in [0, 0.05) is 17.7 Å². The van der Waals surface area contributed by atoms with Crippen LogP contribution in [0.15, 0.2) is 5.51 Å². The molecule has 0 atom stereocenters. The first kappa shape index (κ1) is 11.4. The summed E-state index contributed by atoms with van der Waals surface area (Å²) < 4.78 is 0. The van der Waals surface area contributed by atoms with Crippen LogP contribution in [0.5, 0.6) is 0 Å². The van der Waals surface area contributed by atoms with Crippen LogP contribution in [0.3, 0.4) is 0 Å². The van der Waals surface area contributed by atoms with Crippen LogP contribution in [0.1, 0.15) is 43.2 Å². The molecule has 0 fully saturated rings. The second-order valence-electron chi connectivity index (χ2n) is 3.50. The predicted molar refractivity (Wildman–Crippen MR) is 59.7 cm³/mol. The number of hydrogen-bond donors (Lipinski definition) is 0. The van der Waals surface area contributed by atoms with E-state index in [0.717, 1.165) is 37.8 Å². The number of carbonyl (C=O) groups excluding carboxylic acids is 1. The van der Waals surface area contributed by atoms with Crippen molar-refractivity contribution in [3.05, 3.63) is 16.1 Å². The molecule has 0 N–H and O–H groups in total. The summed E-state index contributed by atoms with van der Waals surface area (Å²) in [5.74, 6) is 0.398. The Labute approximate surface area is 89.4 Å². The van der Waals surface area contributed by atoms with Gasteiger partial charge in [0.2, 0.25) is 0 Å². The number of ketones is 1. The van der Waals surface area contributed by atoms with Crippen LogP contribution in [-0.2, 0) is 11.2 Å². The van der Waals surface area contributed by atoms with Gasteiger partial charge in [-0.05, 0) is 26.2 Å². The third-order valence-electron chi connectivity index (χ3n) is 2.23. The highest BCUT2D eigenvalue weighted by atomic mass is 32.1. The van der Waals surface area contributed by atoms with Gasteiger partial charge in [-0.3, -0.25) is 4.79 Å². The zero-order chi connectivity index (χ0) is 10.4. The van der Waals surface area contributed by atoms with Gasteiger partial charge in [0.05, 0.1) is 11.2 Å². The number of carbonyl (C=O) groups is 1. The zero-order valence-corrected chi connectivity index (χ0v) is 9.69. The molecule has 1 aromatic heterocycles. The molecule has 14 heavy (non-hydrogen) atoms. The molecule has 0 aliphatic rings. The van der Waals surface area contributed by atoms with Crippen LogP contribution < -0.4 is 0 Å². The first-order chi connectivity index (χ1) is 6.74. The standard InChI is InChI=1S/C11H17NOS/c1-3-5-10(13)6-4-7-11-9(2)12-8-14-11/h8H,3-7H2,1-2H3. The fourth-order valence-corrected chi connectivity index (χ4v) is 2.24. The van der Waals surface area contributed by atoms with E-state index in [0.29, 0.717) is 5.78 Å². The Hall–Kier alpha value is -0.700. The van der Waals surface area contributed by atoms with E-state index in [1.54, 1.807) is 11.3 Å². The minimum absolute atomic E-state index is 0.398. The summed E-state index contributed by atoms with van der Waals surface area (Å²) in [6, 6.07) is 0. The van der Waals surface area contributed by atoms with E-state index in [4.69, 9.17) is 0 Å². The molecular weight excluding hydrogens is 194 g/mol. The number of hydrogen-bond acceptors (Lipinski definition) is 3. The molecule has 0 aliphatic carbocycles. The predicted octanol–water partition coefficient (Wildman–Crippen LogP) is 3.14. The van der Waals surface area contributed by atoms with Gasteiger partial charge in [0.1, 0.15) is 5.78 Å². The number of rotatable bonds is 6. The van der Waals surface area contributed by atoms with Crippen molar-refractivity contribution >= 4 is 17.1 Å². The van der Waals surface area contributed by atoms with Crippen LogP contribution in [0, 0.1) is 6.92 Å². The van der Waals surface area contributed by atoms with Crippen molar-refractivity contribution in [1.29, 1.82) is 0 Å². The number of aromatic nitrogens is 1. The molecule has 1 rings (SSSR count). The highest BCUT2D eigenvalue weighted by Crippen LogP contribution is 2.15. The van der Waals surface area contributed by atoms with Crippen LogP contribution in [-0.4, -0.2) is 10.8 Å². The van der Waals surface area contributed by atoms with E-state index < -0.39 is 0 Å². The third kappa shape index (κ3) is 3.58. The lowest BCUT2D eigenvalue weighted by molar-refractivity contribution is -0.119. The molecule has 3 heteroatoms. The summed E-state index contributed by atoms with van der Waals surface area (Å²) in [6.07, 6.45) is 4.42. The first-order valence-corrected chi connectivity index (χ1v) is 6.02. The summed E-state index contributed by atoms with van der Waals surface area (Å²) >= 11 is 1.69. The molecular formula is C11H17NOS. The van der Waals surface area contributed by atoms with Crippen LogP contribution in [0.25, 0.3) is 0 Å². The quantitative estimate of drug-likeness (QED) is 0.723. The Kier molecular flexibility index (Phi) is 4.80. The lowest BCUT2D eigenvalue weighted by atomic mass is 10.1. The smallest absolute Gasteiger partial charge is 0.132 e. The molecule has 0 aromatic carbocycles. The maximum Gasteiger partial charge on any atom is 0.132 e. The van der Waals surface area contributed by atoms with Gasteiger partial charge in [-0.25, -0.2) is 4.98 Å². The Balaban J connectivity index is 2.22. The van der Waals surface area contributed by atoms with Gasteiger partial charge in [-0.15, -0.1) is 11.3 Å².